The monoisotopic (exact) mass is 240 g/mol. The minimum absolute atomic E-state index is 0.0518. The highest BCUT2D eigenvalue weighted by Gasteiger charge is 2.50. The molecule has 0 bridgehead atoms. The van der Waals surface area contributed by atoms with E-state index < -0.39 is 11.4 Å². The van der Waals surface area contributed by atoms with Gasteiger partial charge in [0, 0.05) is 6.54 Å². The van der Waals surface area contributed by atoms with Gasteiger partial charge in [0.1, 0.15) is 0 Å². The summed E-state index contributed by atoms with van der Waals surface area (Å²) in [5.41, 5.74) is -0.671. The van der Waals surface area contributed by atoms with E-state index in [0.717, 1.165) is 19.4 Å². The number of hydrogen-bond donors (Lipinski definition) is 3. The maximum Gasteiger partial charge on any atom is 0.311 e. The third kappa shape index (κ3) is 2.77. The summed E-state index contributed by atoms with van der Waals surface area (Å²) in [5, 5.41) is 15.0. The topological polar surface area (TPSA) is 78.4 Å². The number of rotatable bonds is 4. The SMILES string of the molecule is CC1CCNC(C(=O)NCC2(C(=O)O)CC2)C1. The molecule has 96 valence electrons. The number of carbonyl (C=O) groups is 2. The molecule has 1 saturated carbocycles. The number of aliphatic carboxylic acids is 1. The standard InChI is InChI=1S/C12H20N2O3/c1-8-2-5-13-9(6-8)10(15)14-7-12(3-4-12)11(16)17/h8-9,13H,2-7H2,1H3,(H,14,15)(H,16,17). The van der Waals surface area contributed by atoms with Crippen molar-refractivity contribution in [3.8, 4) is 0 Å². The molecule has 2 atom stereocenters. The van der Waals surface area contributed by atoms with Crippen LogP contribution in [0.4, 0.5) is 0 Å². The summed E-state index contributed by atoms with van der Waals surface area (Å²) >= 11 is 0. The summed E-state index contributed by atoms with van der Waals surface area (Å²) in [6.07, 6.45) is 3.29. The van der Waals surface area contributed by atoms with Crippen molar-refractivity contribution in [1.29, 1.82) is 0 Å². The van der Waals surface area contributed by atoms with E-state index in [4.69, 9.17) is 5.11 Å². The number of carboxylic acid groups (broad SMARTS) is 1. The van der Waals surface area contributed by atoms with Crippen LogP contribution in [0.3, 0.4) is 0 Å². The van der Waals surface area contributed by atoms with E-state index in [1.54, 1.807) is 0 Å². The molecule has 1 saturated heterocycles. The molecule has 2 fully saturated rings. The van der Waals surface area contributed by atoms with Crippen LogP contribution in [0.2, 0.25) is 0 Å². The summed E-state index contributed by atoms with van der Waals surface area (Å²) in [4.78, 5) is 22.8. The van der Waals surface area contributed by atoms with E-state index in [9.17, 15) is 9.59 Å². The van der Waals surface area contributed by atoms with Crippen molar-refractivity contribution in [1.82, 2.24) is 10.6 Å². The highest BCUT2D eigenvalue weighted by Crippen LogP contribution is 2.45. The zero-order valence-corrected chi connectivity index (χ0v) is 10.2. The normalized spacial score (nSPS) is 30.6. The van der Waals surface area contributed by atoms with Crippen molar-refractivity contribution in [3.05, 3.63) is 0 Å². The summed E-state index contributed by atoms with van der Waals surface area (Å²) in [6, 6.07) is -0.150. The first-order chi connectivity index (χ1) is 8.03. The highest BCUT2D eigenvalue weighted by atomic mass is 16.4. The second-order valence-corrected chi connectivity index (χ2v) is 5.44. The van der Waals surface area contributed by atoms with Gasteiger partial charge in [-0.25, -0.2) is 0 Å². The van der Waals surface area contributed by atoms with E-state index in [2.05, 4.69) is 17.6 Å². The molecule has 2 aliphatic rings. The molecule has 5 heteroatoms. The van der Waals surface area contributed by atoms with E-state index in [-0.39, 0.29) is 18.5 Å². The Bertz CT molecular complexity index is 326. The fourth-order valence-electron chi connectivity index (χ4n) is 2.30. The van der Waals surface area contributed by atoms with Crippen molar-refractivity contribution in [2.75, 3.05) is 13.1 Å². The van der Waals surface area contributed by atoms with E-state index in [0.29, 0.717) is 18.8 Å². The number of hydrogen-bond acceptors (Lipinski definition) is 3. The lowest BCUT2D eigenvalue weighted by Crippen LogP contribution is -2.49. The van der Waals surface area contributed by atoms with Crippen molar-refractivity contribution in [2.24, 2.45) is 11.3 Å². The zero-order valence-electron chi connectivity index (χ0n) is 10.2. The molecule has 0 aromatic rings. The molecule has 0 aromatic carbocycles. The maximum absolute atomic E-state index is 11.9. The molecule has 0 aromatic heterocycles. The van der Waals surface area contributed by atoms with Crippen LogP contribution in [0.15, 0.2) is 0 Å². The van der Waals surface area contributed by atoms with Gasteiger partial charge in [-0.1, -0.05) is 6.92 Å². The maximum atomic E-state index is 11.9. The lowest BCUT2D eigenvalue weighted by atomic mass is 9.94. The highest BCUT2D eigenvalue weighted by molar-refractivity contribution is 5.84. The van der Waals surface area contributed by atoms with Gasteiger partial charge in [0.2, 0.25) is 5.91 Å². The van der Waals surface area contributed by atoms with Crippen LogP contribution in [-0.4, -0.2) is 36.1 Å². The van der Waals surface area contributed by atoms with Crippen LogP contribution in [0.1, 0.15) is 32.6 Å². The first-order valence-electron chi connectivity index (χ1n) is 6.28. The Balaban J connectivity index is 1.79. The third-order valence-electron chi connectivity index (χ3n) is 3.89. The number of amides is 1. The van der Waals surface area contributed by atoms with Gasteiger partial charge < -0.3 is 15.7 Å². The molecule has 1 aliphatic heterocycles. The molecule has 0 radical (unpaired) electrons. The molecule has 2 rings (SSSR count). The van der Waals surface area contributed by atoms with Crippen LogP contribution in [0.25, 0.3) is 0 Å². The Labute approximate surface area is 101 Å². The predicted molar refractivity (Wildman–Crippen MR) is 62.5 cm³/mol. The summed E-state index contributed by atoms with van der Waals surface area (Å²) < 4.78 is 0. The Hall–Kier alpha value is -1.10. The minimum Gasteiger partial charge on any atom is -0.481 e. The second kappa shape index (κ2) is 4.64. The second-order valence-electron chi connectivity index (χ2n) is 5.44. The lowest BCUT2D eigenvalue weighted by molar-refractivity contribution is -0.143. The van der Waals surface area contributed by atoms with Crippen molar-refractivity contribution < 1.29 is 14.7 Å². The van der Waals surface area contributed by atoms with Crippen LogP contribution in [0.5, 0.6) is 0 Å². The van der Waals surface area contributed by atoms with Gasteiger partial charge in [-0.05, 0) is 38.1 Å². The van der Waals surface area contributed by atoms with Gasteiger partial charge in [-0.3, -0.25) is 9.59 Å². The number of carboxylic acids is 1. The van der Waals surface area contributed by atoms with Crippen LogP contribution in [-0.2, 0) is 9.59 Å². The van der Waals surface area contributed by atoms with Crippen LogP contribution >= 0.6 is 0 Å². The van der Waals surface area contributed by atoms with Crippen LogP contribution < -0.4 is 10.6 Å². The van der Waals surface area contributed by atoms with E-state index in [1.807, 2.05) is 0 Å². The van der Waals surface area contributed by atoms with Gasteiger partial charge >= 0.3 is 5.97 Å². The first kappa shape index (κ1) is 12.4. The van der Waals surface area contributed by atoms with Crippen LogP contribution in [0, 0.1) is 11.3 Å². The zero-order chi connectivity index (χ0) is 12.5. The Morgan fingerprint density at radius 1 is 1.47 bits per heavy atom. The van der Waals surface area contributed by atoms with E-state index >= 15 is 0 Å². The summed E-state index contributed by atoms with van der Waals surface area (Å²) in [5.74, 6) is -0.284. The van der Waals surface area contributed by atoms with Crippen molar-refractivity contribution in [3.63, 3.8) is 0 Å². The molecule has 5 nitrogen and oxygen atoms in total. The van der Waals surface area contributed by atoms with E-state index in [1.165, 1.54) is 0 Å². The third-order valence-corrected chi connectivity index (χ3v) is 3.89. The van der Waals surface area contributed by atoms with Crippen molar-refractivity contribution in [2.45, 2.75) is 38.6 Å². The fourth-order valence-corrected chi connectivity index (χ4v) is 2.30. The van der Waals surface area contributed by atoms with Crippen molar-refractivity contribution >= 4 is 11.9 Å². The minimum atomic E-state index is -0.789. The number of carbonyl (C=O) groups excluding carboxylic acids is 1. The largest absolute Gasteiger partial charge is 0.481 e. The summed E-state index contributed by atoms with van der Waals surface area (Å²) in [6.45, 7) is 3.28. The Morgan fingerprint density at radius 3 is 2.71 bits per heavy atom. The Kier molecular flexibility index (Phi) is 3.38. The predicted octanol–water partition coefficient (Wildman–Crippen LogP) is 0.355. The molecule has 2 unspecified atom stereocenters. The molecule has 3 N–H and O–H groups in total. The van der Waals surface area contributed by atoms with Gasteiger partial charge in [-0.2, -0.15) is 0 Å². The average molecular weight is 240 g/mol. The molecule has 0 spiro atoms. The smallest absolute Gasteiger partial charge is 0.311 e. The number of nitrogens with one attached hydrogen (secondary N) is 2. The summed E-state index contributed by atoms with van der Waals surface area (Å²) in [7, 11) is 0. The van der Waals surface area contributed by atoms with Gasteiger partial charge in [0.05, 0.1) is 11.5 Å². The fraction of sp³-hybridized carbons (Fsp3) is 0.833. The molecular formula is C12H20N2O3. The first-order valence-corrected chi connectivity index (χ1v) is 6.28. The molecule has 17 heavy (non-hydrogen) atoms. The molecule has 1 heterocycles. The number of piperidine rings is 1. The Morgan fingerprint density at radius 2 is 2.18 bits per heavy atom. The van der Waals surface area contributed by atoms with Gasteiger partial charge in [-0.15, -0.1) is 0 Å². The average Bonchev–Trinajstić information content (AvgIpc) is 3.07. The van der Waals surface area contributed by atoms with Gasteiger partial charge in [0.15, 0.2) is 0 Å². The molecule has 1 aliphatic carbocycles. The van der Waals surface area contributed by atoms with Gasteiger partial charge in [0.25, 0.3) is 0 Å². The molecule has 1 amide bonds. The lowest BCUT2D eigenvalue weighted by Gasteiger charge is -2.27. The quantitative estimate of drug-likeness (QED) is 0.663. The molecular weight excluding hydrogens is 220 g/mol.